The molecule has 0 radical (unpaired) electrons. The Hall–Kier alpha value is -3.15. The first-order chi connectivity index (χ1) is 13.9. The van der Waals surface area contributed by atoms with Crippen molar-refractivity contribution in [3.8, 4) is 11.5 Å². The van der Waals surface area contributed by atoms with Crippen molar-refractivity contribution in [1.82, 2.24) is 0 Å². The van der Waals surface area contributed by atoms with E-state index < -0.39 is 17.6 Å². The van der Waals surface area contributed by atoms with E-state index in [1.165, 1.54) is 24.3 Å². The number of carbonyl (C=O) groups is 2. The maximum atomic E-state index is 13.3. The lowest BCUT2D eigenvalue weighted by molar-refractivity contribution is -0.149. The summed E-state index contributed by atoms with van der Waals surface area (Å²) in [6, 6.07) is 10.4. The third-order valence-electron chi connectivity index (χ3n) is 5.95. The summed E-state index contributed by atoms with van der Waals surface area (Å²) in [5, 5.41) is 0. The number of allylic oxidation sites excluding steroid dienone is 2. The maximum absolute atomic E-state index is 13.3. The topological polar surface area (TPSA) is 61.8 Å². The summed E-state index contributed by atoms with van der Waals surface area (Å²) in [6.45, 7) is 1.58. The normalized spacial score (nSPS) is 29.2. The molecule has 2 bridgehead atoms. The monoisotopic (exact) mass is 394 g/mol. The van der Waals surface area contributed by atoms with Crippen molar-refractivity contribution in [3.05, 3.63) is 71.6 Å². The molecule has 0 amide bonds. The van der Waals surface area contributed by atoms with Gasteiger partial charge in [-0.05, 0) is 61.1 Å². The van der Waals surface area contributed by atoms with Crippen LogP contribution in [0.1, 0.15) is 35.7 Å². The van der Waals surface area contributed by atoms with Crippen LogP contribution in [0.5, 0.6) is 11.5 Å². The van der Waals surface area contributed by atoms with Crippen molar-refractivity contribution in [2.75, 3.05) is 0 Å². The molecule has 4 atom stereocenters. The number of benzene rings is 2. The highest BCUT2D eigenvalue weighted by Crippen LogP contribution is 2.45. The number of hydrogen-bond acceptors (Lipinski definition) is 5. The van der Waals surface area contributed by atoms with Gasteiger partial charge < -0.3 is 14.2 Å². The molecule has 2 aromatic rings. The van der Waals surface area contributed by atoms with E-state index in [1.807, 2.05) is 0 Å². The smallest absolute Gasteiger partial charge is 0.349 e. The molecule has 0 spiro atoms. The van der Waals surface area contributed by atoms with Crippen LogP contribution in [0.2, 0.25) is 0 Å². The van der Waals surface area contributed by atoms with Crippen molar-refractivity contribution in [2.24, 2.45) is 17.8 Å². The first kappa shape index (κ1) is 17.9. The fourth-order valence-electron chi connectivity index (χ4n) is 4.45. The summed E-state index contributed by atoms with van der Waals surface area (Å²) in [7, 11) is 0. The number of esters is 2. The van der Waals surface area contributed by atoms with Gasteiger partial charge in [0.25, 0.3) is 5.79 Å². The minimum Gasteiger partial charge on any atom is -0.447 e. The van der Waals surface area contributed by atoms with Crippen LogP contribution in [0.25, 0.3) is 0 Å². The van der Waals surface area contributed by atoms with Crippen LogP contribution in [-0.4, -0.2) is 11.9 Å². The van der Waals surface area contributed by atoms with E-state index in [1.54, 1.807) is 25.1 Å². The van der Waals surface area contributed by atoms with Gasteiger partial charge in [-0.2, -0.15) is 0 Å². The fraction of sp³-hybridized carbons (Fsp3) is 0.304. The summed E-state index contributed by atoms with van der Waals surface area (Å²) < 4.78 is 30.3. The quantitative estimate of drug-likeness (QED) is 0.440. The Balaban J connectivity index is 1.42. The second-order valence-electron chi connectivity index (χ2n) is 7.88. The molecule has 29 heavy (non-hydrogen) atoms. The van der Waals surface area contributed by atoms with Crippen LogP contribution in [0.4, 0.5) is 4.39 Å². The molecule has 148 valence electrons. The van der Waals surface area contributed by atoms with Crippen molar-refractivity contribution in [3.63, 3.8) is 0 Å². The molecule has 1 fully saturated rings. The summed E-state index contributed by atoms with van der Waals surface area (Å²) >= 11 is 0. The predicted octanol–water partition coefficient (Wildman–Crippen LogP) is 4.37. The average Bonchev–Trinajstić information content (AvgIpc) is 3.31. The molecule has 0 N–H and O–H groups in total. The Bertz CT molecular complexity index is 1030. The maximum Gasteiger partial charge on any atom is 0.349 e. The molecule has 5 nitrogen and oxygen atoms in total. The van der Waals surface area contributed by atoms with Gasteiger partial charge >= 0.3 is 11.9 Å². The van der Waals surface area contributed by atoms with Gasteiger partial charge in [-0.1, -0.05) is 18.2 Å². The SMILES string of the molecule is CC1(c2ccc(F)cc2)OC(=O)c2c(OC(=O)C3CC4C=CC3C4)cccc2O1. The second kappa shape index (κ2) is 6.44. The van der Waals surface area contributed by atoms with Crippen molar-refractivity contribution in [1.29, 1.82) is 0 Å². The molecule has 1 aliphatic heterocycles. The number of hydrogen-bond donors (Lipinski definition) is 0. The average molecular weight is 394 g/mol. The van der Waals surface area contributed by atoms with Gasteiger partial charge in [0, 0.05) is 12.5 Å². The summed E-state index contributed by atoms with van der Waals surface area (Å²) in [5.41, 5.74) is 0.577. The lowest BCUT2D eigenvalue weighted by Crippen LogP contribution is -2.39. The van der Waals surface area contributed by atoms with Gasteiger partial charge in [-0.15, -0.1) is 0 Å². The molecule has 0 aromatic heterocycles. The van der Waals surface area contributed by atoms with E-state index in [0.717, 1.165) is 12.8 Å². The first-order valence-electron chi connectivity index (χ1n) is 9.64. The van der Waals surface area contributed by atoms with Crippen LogP contribution in [0.15, 0.2) is 54.6 Å². The minimum absolute atomic E-state index is 0.0825. The second-order valence-corrected chi connectivity index (χ2v) is 7.88. The van der Waals surface area contributed by atoms with Gasteiger partial charge in [0.15, 0.2) is 0 Å². The van der Waals surface area contributed by atoms with E-state index in [0.29, 0.717) is 11.5 Å². The number of cyclic esters (lactones) is 1. The zero-order chi connectivity index (χ0) is 20.2. The zero-order valence-electron chi connectivity index (χ0n) is 15.8. The molecule has 1 heterocycles. The number of carbonyl (C=O) groups excluding carboxylic acids is 2. The number of rotatable bonds is 3. The Morgan fingerprint density at radius 3 is 2.59 bits per heavy atom. The van der Waals surface area contributed by atoms with E-state index in [2.05, 4.69) is 12.2 Å². The Morgan fingerprint density at radius 2 is 1.90 bits per heavy atom. The van der Waals surface area contributed by atoms with Crippen LogP contribution in [-0.2, 0) is 15.3 Å². The van der Waals surface area contributed by atoms with Gasteiger partial charge in [0.05, 0.1) is 5.92 Å². The summed E-state index contributed by atoms with van der Waals surface area (Å²) in [5.74, 6) is -1.96. The number of ether oxygens (including phenoxy) is 3. The third kappa shape index (κ3) is 2.99. The Kier molecular flexibility index (Phi) is 3.98. The van der Waals surface area contributed by atoms with Crippen LogP contribution in [0.3, 0.4) is 0 Å². The number of halogens is 1. The standard InChI is InChI=1S/C23H19FO5/c1-23(15-7-9-16(24)10-8-15)28-19-4-2-3-18(20(19)22(26)29-23)27-21(25)17-12-13-5-6-14(17)11-13/h2-10,13-14,17H,11-12H2,1H3. The highest BCUT2D eigenvalue weighted by molar-refractivity contribution is 5.97. The summed E-state index contributed by atoms with van der Waals surface area (Å²) in [4.78, 5) is 25.5. The first-order valence-corrected chi connectivity index (χ1v) is 9.64. The van der Waals surface area contributed by atoms with E-state index in [4.69, 9.17) is 14.2 Å². The molecule has 3 aliphatic rings. The Morgan fingerprint density at radius 1 is 1.10 bits per heavy atom. The molecule has 0 saturated heterocycles. The zero-order valence-corrected chi connectivity index (χ0v) is 15.8. The van der Waals surface area contributed by atoms with Crippen molar-refractivity contribution >= 4 is 11.9 Å². The molecule has 5 rings (SSSR count). The molecule has 1 saturated carbocycles. The van der Waals surface area contributed by atoms with Crippen LogP contribution in [0, 0.1) is 23.6 Å². The van der Waals surface area contributed by atoms with E-state index in [-0.39, 0.29) is 34.9 Å². The minimum atomic E-state index is -1.41. The summed E-state index contributed by atoms with van der Waals surface area (Å²) in [6.07, 6.45) is 5.98. The van der Waals surface area contributed by atoms with Gasteiger partial charge in [-0.3, -0.25) is 4.79 Å². The van der Waals surface area contributed by atoms with Crippen molar-refractivity contribution in [2.45, 2.75) is 25.6 Å². The molecule has 2 aliphatic carbocycles. The van der Waals surface area contributed by atoms with Crippen molar-refractivity contribution < 1.29 is 28.2 Å². The largest absolute Gasteiger partial charge is 0.447 e. The van der Waals surface area contributed by atoms with Gasteiger partial charge in [0.1, 0.15) is 22.9 Å². The van der Waals surface area contributed by atoms with Gasteiger partial charge in [0.2, 0.25) is 0 Å². The number of fused-ring (bicyclic) bond motifs is 3. The lowest BCUT2D eigenvalue weighted by Gasteiger charge is -2.35. The molecule has 6 heteroatoms. The van der Waals surface area contributed by atoms with Crippen LogP contribution < -0.4 is 9.47 Å². The molecule has 2 aromatic carbocycles. The molecular weight excluding hydrogens is 375 g/mol. The highest BCUT2D eigenvalue weighted by Gasteiger charge is 2.44. The molecular formula is C23H19FO5. The lowest BCUT2D eigenvalue weighted by atomic mass is 9.94. The van der Waals surface area contributed by atoms with E-state index >= 15 is 0 Å². The molecule has 4 unspecified atom stereocenters. The Labute approximate surface area is 167 Å². The predicted molar refractivity (Wildman–Crippen MR) is 101 cm³/mol. The highest BCUT2D eigenvalue weighted by atomic mass is 19.1. The van der Waals surface area contributed by atoms with E-state index in [9.17, 15) is 14.0 Å². The van der Waals surface area contributed by atoms with Gasteiger partial charge in [-0.25, -0.2) is 9.18 Å². The third-order valence-corrected chi connectivity index (χ3v) is 5.95. The fourth-order valence-corrected chi connectivity index (χ4v) is 4.45. The van der Waals surface area contributed by atoms with Crippen LogP contribution >= 0.6 is 0 Å².